The fourth-order valence-electron chi connectivity index (χ4n) is 3.50. The number of carbonyl (C=O) groups is 3. The summed E-state index contributed by atoms with van der Waals surface area (Å²) >= 11 is 9.20. The van der Waals surface area contributed by atoms with Crippen molar-refractivity contribution >= 4 is 62.2 Å². The Morgan fingerprint density at radius 3 is 2.20 bits per heavy atom. The number of ether oxygens (including phenoxy) is 2. The van der Waals surface area contributed by atoms with Gasteiger partial charge in [-0.25, -0.2) is 4.98 Å². The Bertz CT molecular complexity index is 814. The van der Waals surface area contributed by atoms with Gasteiger partial charge >= 0.3 is 11.9 Å². The first kappa shape index (κ1) is 33.6. The van der Waals surface area contributed by atoms with Crippen LogP contribution in [0.15, 0.2) is 0 Å². The average Bonchev–Trinajstić information content (AvgIpc) is 3.17. The number of rotatable bonds is 4. The van der Waals surface area contributed by atoms with Crippen molar-refractivity contribution in [3.8, 4) is 0 Å². The van der Waals surface area contributed by atoms with Crippen LogP contribution in [0.5, 0.6) is 0 Å². The van der Waals surface area contributed by atoms with Crippen molar-refractivity contribution < 1.29 is 29.0 Å². The number of Topliss-reactive ketones (excluding diaryl/α,β-unsaturated/α-hetero) is 1. The standard InChI is InChI=1S/C11H15NO2S.C9H13BrO3.C2H5NS.C2H6O/c1-3-14-11(13)8-5-4-6-9-10(8)15-7(2)12-9;1-2-13-9(12)6-4-3-5-7(11)8(6)10;1-2(3)4;1-2-3/h8H,3-6H2,1-2H3;6,8H,2-5H2,1H3;1H3,(H2,3,4);3H,2H2,1H3. The van der Waals surface area contributed by atoms with Crippen molar-refractivity contribution in [1.82, 2.24) is 4.98 Å². The normalized spacial score (nSPS) is 20.3. The Morgan fingerprint density at radius 2 is 1.66 bits per heavy atom. The van der Waals surface area contributed by atoms with Gasteiger partial charge in [-0.05, 0) is 66.7 Å². The van der Waals surface area contributed by atoms with E-state index in [1.807, 2.05) is 13.8 Å². The van der Waals surface area contributed by atoms with Gasteiger partial charge in [-0.3, -0.25) is 14.4 Å². The van der Waals surface area contributed by atoms with Gasteiger partial charge in [0, 0.05) is 17.9 Å². The van der Waals surface area contributed by atoms with E-state index in [9.17, 15) is 14.4 Å². The number of hydrogen-bond acceptors (Lipinski definition) is 9. The molecule has 3 rings (SSSR count). The second kappa shape index (κ2) is 18.8. The molecule has 200 valence electrons. The summed E-state index contributed by atoms with van der Waals surface area (Å²) in [5.74, 6) is -0.551. The highest BCUT2D eigenvalue weighted by Crippen LogP contribution is 2.36. The van der Waals surface area contributed by atoms with Crippen molar-refractivity contribution in [3.05, 3.63) is 15.6 Å². The first-order chi connectivity index (χ1) is 16.5. The lowest BCUT2D eigenvalue weighted by atomic mass is 9.88. The molecule has 1 aromatic heterocycles. The average molecular weight is 596 g/mol. The van der Waals surface area contributed by atoms with E-state index < -0.39 is 0 Å². The first-order valence-corrected chi connectivity index (χ1v) is 14.0. The largest absolute Gasteiger partial charge is 0.466 e. The summed E-state index contributed by atoms with van der Waals surface area (Å²) in [4.78, 5) is 40.1. The molecule has 0 aliphatic heterocycles. The molecule has 1 heterocycles. The van der Waals surface area contributed by atoms with E-state index in [-0.39, 0.29) is 41.0 Å². The van der Waals surface area contributed by atoms with Crippen LogP contribution in [-0.2, 0) is 30.3 Å². The van der Waals surface area contributed by atoms with E-state index in [4.69, 9.17) is 20.3 Å². The number of fused-ring (bicyclic) bond motifs is 1. The molecule has 1 saturated carbocycles. The Morgan fingerprint density at radius 1 is 1.14 bits per heavy atom. The number of nitrogens with two attached hydrogens (primary N) is 1. The molecule has 2 aliphatic rings. The lowest BCUT2D eigenvalue weighted by Crippen LogP contribution is -2.35. The maximum Gasteiger partial charge on any atom is 0.314 e. The summed E-state index contributed by atoms with van der Waals surface area (Å²) in [6.07, 6.45) is 5.08. The predicted octanol–water partition coefficient (Wildman–Crippen LogP) is 4.41. The highest BCUT2D eigenvalue weighted by molar-refractivity contribution is 9.10. The van der Waals surface area contributed by atoms with Crippen LogP contribution >= 0.6 is 39.5 Å². The minimum absolute atomic E-state index is 0.0556. The molecule has 3 unspecified atom stereocenters. The third-order valence-corrected chi connectivity index (χ3v) is 7.09. The maximum absolute atomic E-state index is 11.7. The predicted molar refractivity (Wildman–Crippen MR) is 146 cm³/mol. The van der Waals surface area contributed by atoms with Gasteiger partial charge in [-0.15, -0.1) is 11.3 Å². The summed E-state index contributed by atoms with van der Waals surface area (Å²) in [6, 6.07) is 0. The number of halogens is 1. The molecule has 0 radical (unpaired) electrons. The highest BCUT2D eigenvalue weighted by Gasteiger charge is 2.35. The molecule has 0 bridgehead atoms. The van der Waals surface area contributed by atoms with E-state index in [0.717, 1.165) is 47.7 Å². The second-order valence-corrected chi connectivity index (χ2v) is 10.7. The molecule has 1 fully saturated rings. The molecule has 0 aromatic carbocycles. The van der Waals surface area contributed by atoms with Gasteiger partial charge in [0.1, 0.15) is 5.78 Å². The number of esters is 2. The molecule has 3 atom stereocenters. The van der Waals surface area contributed by atoms with Crippen LogP contribution in [0.25, 0.3) is 0 Å². The van der Waals surface area contributed by atoms with Crippen LogP contribution in [0.3, 0.4) is 0 Å². The summed E-state index contributed by atoms with van der Waals surface area (Å²) in [6.45, 7) is 10.1. The van der Waals surface area contributed by atoms with Crippen molar-refractivity contribution in [1.29, 1.82) is 0 Å². The van der Waals surface area contributed by atoms with Gasteiger partial charge < -0.3 is 20.3 Å². The SMILES string of the molecule is CC(N)=S.CCO.CCOC(=O)C1CCCC(=O)C1Br.CCOC(=O)C1CCCc2nc(C)sc21. The number of aryl methyl sites for hydroxylation is 2. The third kappa shape index (κ3) is 12.9. The fraction of sp³-hybridized carbons (Fsp3) is 0.708. The van der Waals surface area contributed by atoms with Crippen molar-refractivity contribution in [3.63, 3.8) is 0 Å². The molecule has 2 aliphatic carbocycles. The van der Waals surface area contributed by atoms with Crippen molar-refractivity contribution in [2.45, 2.75) is 83.9 Å². The number of hydrogen-bond donors (Lipinski definition) is 2. The van der Waals surface area contributed by atoms with E-state index in [2.05, 4.69) is 33.1 Å². The Hall–Kier alpha value is -1.43. The molecule has 8 nitrogen and oxygen atoms in total. The van der Waals surface area contributed by atoms with Gasteiger partial charge in [-0.1, -0.05) is 28.1 Å². The number of thiazole rings is 1. The number of carbonyl (C=O) groups excluding carboxylic acids is 3. The van der Waals surface area contributed by atoms with Crippen LogP contribution in [-0.4, -0.2) is 57.4 Å². The number of thiocarbonyl (C=S) groups is 1. The van der Waals surface area contributed by atoms with E-state index in [1.54, 1.807) is 32.1 Å². The van der Waals surface area contributed by atoms with Crippen LogP contribution in [0.1, 0.15) is 81.3 Å². The smallest absolute Gasteiger partial charge is 0.314 e. The molecule has 1 aromatic rings. The number of nitrogens with zero attached hydrogens (tertiary/aromatic N) is 1. The molecule has 0 amide bonds. The minimum Gasteiger partial charge on any atom is -0.466 e. The number of aromatic nitrogens is 1. The molecule has 0 saturated heterocycles. The Balaban J connectivity index is 0.000000527. The zero-order valence-electron chi connectivity index (χ0n) is 21.3. The minimum atomic E-state index is -0.333. The zero-order chi connectivity index (χ0) is 27.0. The van der Waals surface area contributed by atoms with E-state index >= 15 is 0 Å². The Labute approximate surface area is 226 Å². The molecular formula is C24H39BrN2O6S2. The monoisotopic (exact) mass is 594 g/mol. The first-order valence-electron chi connectivity index (χ1n) is 11.9. The molecule has 0 spiro atoms. The lowest BCUT2D eigenvalue weighted by molar-refractivity contribution is -0.150. The lowest BCUT2D eigenvalue weighted by Gasteiger charge is -2.24. The molecule has 35 heavy (non-hydrogen) atoms. The number of aliphatic hydroxyl groups is 1. The highest BCUT2D eigenvalue weighted by atomic mass is 79.9. The number of ketones is 1. The Kier molecular flexibility index (Phi) is 18.0. The van der Waals surface area contributed by atoms with Gasteiger partial charge in [0.15, 0.2) is 0 Å². The van der Waals surface area contributed by atoms with Gasteiger partial charge in [0.25, 0.3) is 0 Å². The van der Waals surface area contributed by atoms with Crippen LogP contribution in [0.4, 0.5) is 0 Å². The van der Waals surface area contributed by atoms with Crippen molar-refractivity contribution in [2.75, 3.05) is 19.8 Å². The zero-order valence-corrected chi connectivity index (χ0v) is 24.5. The number of alkyl halides is 1. The molecule has 11 heteroatoms. The fourth-order valence-corrected chi connectivity index (χ4v) is 5.31. The maximum atomic E-state index is 11.7. The van der Waals surface area contributed by atoms with Crippen LogP contribution < -0.4 is 5.73 Å². The van der Waals surface area contributed by atoms with Gasteiger partial charge in [0.05, 0.1) is 45.6 Å². The third-order valence-electron chi connectivity index (χ3n) is 4.82. The van der Waals surface area contributed by atoms with Crippen molar-refractivity contribution in [2.24, 2.45) is 11.7 Å². The van der Waals surface area contributed by atoms with Crippen LogP contribution in [0.2, 0.25) is 0 Å². The van der Waals surface area contributed by atoms with E-state index in [0.29, 0.717) is 24.6 Å². The van der Waals surface area contributed by atoms with E-state index in [1.165, 1.54) is 0 Å². The summed E-state index contributed by atoms with van der Waals surface area (Å²) in [5.41, 5.74) is 5.96. The topological polar surface area (TPSA) is 129 Å². The quantitative estimate of drug-likeness (QED) is 0.296. The summed E-state index contributed by atoms with van der Waals surface area (Å²) in [5, 5.41) is 8.62. The summed E-state index contributed by atoms with van der Waals surface area (Å²) < 4.78 is 9.97. The van der Waals surface area contributed by atoms with Gasteiger partial charge in [-0.2, -0.15) is 0 Å². The van der Waals surface area contributed by atoms with Crippen LogP contribution in [0, 0.1) is 12.8 Å². The van der Waals surface area contributed by atoms with Gasteiger partial charge in [0.2, 0.25) is 0 Å². The molecule has 3 N–H and O–H groups in total. The summed E-state index contributed by atoms with van der Waals surface area (Å²) in [7, 11) is 0. The second-order valence-electron chi connectivity index (χ2n) is 7.79. The number of aliphatic hydroxyl groups excluding tert-OH is 1. The molecular weight excluding hydrogens is 556 g/mol.